The van der Waals surface area contributed by atoms with Crippen LogP contribution in [0.3, 0.4) is 0 Å². The highest BCUT2D eigenvalue weighted by Gasteiger charge is 2.09. The summed E-state index contributed by atoms with van der Waals surface area (Å²) in [6, 6.07) is 0. The molecule has 0 spiro atoms. The highest BCUT2D eigenvalue weighted by Crippen LogP contribution is 1.98. The summed E-state index contributed by atoms with van der Waals surface area (Å²) in [5.74, 6) is 0. The highest BCUT2D eigenvalue weighted by atomic mass is 15.3. The van der Waals surface area contributed by atoms with Crippen LogP contribution in [0.2, 0.25) is 0 Å². The monoisotopic (exact) mass is 140 g/mol. The Morgan fingerprint density at radius 3 is 2.20 bits per heavy atom. The minimum atomic E-state index is 1.01. The van der Waals surface area contributed by atoms with Crippen LogP contribution in [0.25, 0.3) is 0 Å². The van der Waals surface area contributed by atoms with E-state index in [9.17, 15) is 0 Å². The van der Waals surface area contributed by atoms with E-state index in [0.717, 1.165) is 24.0 Å². The van der Waals surface area contributed by atoms with E-state index in [0.29, 0.717) is 0 Å². The van der Waals surface area contributed by atoms with Gasteiger partial charge in [-0.15, -0.1) is 6.58 Å². The Bertz CT molecular complexity index is 114. The fourth-order valence-electron chi connectivity index (χ4n) is 0.882. The average molecular weight is 140 g/mol. The van der Waals surface area contributed by atoms with Crippen molar-refractivity contribution in [3.8, 4) is 0 Å². The zero-order valence-corrected chi connectivity index (χ0v) is 7.14. The van der Waals surface area contributed by atoms with Crippen LogP contribution in [-0.4, -0.2) is 31.7 Å². The molecule has 0 aromatic rings. The summed E-state index contributed by atoms with van der Waals surface area (Å²) < 4.78 is 1.01. The minimum absolute atomic E-state index is 1.01. The summed E-state index contributed by atoms with van der Waals surface area (Å²) in [7, 11) is 4.40. The Morgan fingerprint density at radius 1 is 1.20 bits per heavy atom. The van der Waals surface area contributed by atoms with E-state index in [1.807, 2.05) is 12.2 Å². The zero-order chi connectivity index (χ0) is 8.04. The van der Waals surface area contributed by atoms with Gasteiger partial charge in [0, 0.05) is 6.42 Å². The molecule has 0 atom stereocenters. The molecule has 0 unspecified atom stereocenters. The Hall–Kier alpha value is -0.560. The maximum atomic E-state index is 3.71. The van der Waals surface area contributed by atoms with Crippen LogP contribution >= 0.6 is 0 Å². The fraction of sp³-hybridized carbons (Fsp3) is 0.556. The van der Waals surface area contributed by atoms with Gasteiger partial charge in [-0.05, 0) is 6.08 Å². The molecule has 58 valence electrons. The molecule has 10 heavy (non-hydrogen) atoms. The predicted molar refractivity (Wildman–Crippen MR) is 46.9 cm³/mol. The second-order valence-corrected chi connectivity index (χ2v) is 3.21. The lowest BCUT2D eigenvalue weighted by Gasteiger charge is -2.27. The second-order valence-electron chi connectivity index (χ2n) is 3.21. The summed E-state index contributed by atoms with van der Waals surface area (Å²) in [6.07, 6.45) is 5.01. The molecular weight excluding hydrogens is 122 g/mol. The number of quaternary nitrogens is 1. The van der Waals surface area contributed by atoms with E-state index in [1.54, 1.807) is 0 Å². The minimum Gasteiger partial charge on any atom is -0.325 e. The van der Waals surface area contributed by atoms with Gasteiger partial charge in [0.1, 0.15) is 0 Å². The third-order valence-corrected chi connectivity index (χ3v) is 1.56. The first-order valence-corrected chi connectivity index (χ1v) is 3.66. The Balaban J connectivity index is 3.61. The van der Waals surface area contributed by atoms with E-state index in [2.05, 4.69) is 27.3 Å². The van der Waals surface area contributed by atoms with E-state index in [4.69, 9.17) is 0 Å². The SMILES string of the molecule is C=CCC[N+](C)(C)CC=C. The van der Waals surface area contributed by atoms with Gasteiger partial charge in [0.05, 0.1) is 27.2 Å². The van der Waals surface area contributed by atoms with Crippen molar-refractivity contribution in [3.63, 3.8) is 0 Å². The number of hydrogen-bond acceptors (Lipinski definition) is 0. The molecule has 0 amide bonds. The Morgan fingerprint density at radius 2 is 1.80 bits per heavy atom. The largest absolute Gasteiger partial charge is 0.325 e. The summed E-state index contributed by atoms with van der Waals surface area (Å²) >= 11 is 0. The first kappa shape index (κ1) is 9.44. The third kappa shape index (κ3) is 4.33. The van der Waals surface area contributed by atoms with Gasteiger partial charge >= 0.3 is 0 Å². The highest BCUT2D eigenvalue weighted by molar-refractivity contribution is 4.68. The molecular formula is C9H18N+. The van der Waals surface area contributed by atoms with Gasteiger partial charge in [-0.3, -0.25) is 0 Å². The van der Waals surface area contributed by atoms with Crippen LogP contribution in [0.15, 0.2) is 25.3 Å². The van der Waals surface area contributed by atoms with Gasteiger partial charge in [-0.2, -0.15) is 0 Å². The molecule has 0 aromatic heterocycles. The molecule has 0 saturated heterocycles. The van der Waals surface area contributed by atoms with Crippen molar-refractivity contribution >= 4 is 0 Å². The molecule has 0 bridgehead atoms. The molecule has 0 saturated carbocycles. The molecule has 0 heterocycles. The van der Waals surface area contributed by atoms with Crippen LogP contribution in [0.1, 0.15) is 6.42 Å². The van der Waals surface area contributed by atoms with Gasteiger partial charge in [-0.25, -0.2) is 0 Å². The lowest BCUT2D eigenvalue weighted by molar-refractivity contribution is -0.884. The van der Waals surface area contributed by atoms with Crippen molar-refractivity contribution in [2.45, 2.75) is 6.42 Å². The fourth-order valence-corrected chi connectivity index (χ4v) is 0.882. The van der Waals surface area contributed by atoms with Crippen molar-refractivity contribution in [2.24, 2.45) is 0 Å². The van der Waals surface area contributed by atoms with E-state index in [-0.39, 0.29) is 0 Å². The zero-order valence-electron chi connectivity index (χ0n) is 7.14. The lowest BCUT2D eigenvalue weighted by atomic mass is 10.3. The van der Waals surface area contributed by atoms with Crippen LogP contribution < -0.4 is 0 Å². The Kier molecular flexibility index (Phi) is 4.05. The molecule has 0 aliphatic heterocycles. The van der Waals surface area contributed by atoms with Crippen molar-refractivity contribution < 1.29 is 4.48 Å². The smallest absolute Gasteiger partial charge is 0.0967 e. The molecule has 0 aliphatic rings. The van der Waals surface area contributed by atoms with Gasteiger partial charge in [0.25, 0.3) is 0 Å². The van der Waals surface area contributed by atoms with E-state index >= 15 is 0 Å². The maximum absolute atomic E-state index is 3.71. The molecule has 1 nitrogen and oxygen atoms in total. The van der Waals surface area contributed by atoms with Gasteiger partial charge in [0.2, 0.25) is 0 Å². The molecule has 0 rings (SSSR count). The predicted octanol–water partition coefficient (Wildman–Crippen LogP) is 1.82. The first-order valence-electron chi connectivity index (χ1n) is 3.66. The molecule has 0 fully saturated rings. The van der Waals surface area contributed by atoms with Crippen LogP contribution in [0, 0.1) is 0 Å². The number of likely N-dealkylation sites (N-methyl/N-ethyl adjacent to an activating group) is 1. The average Bonchev–Trinajstić information content (AvgIpc) is 1.84. The van der Waals surface area contributed by atoms with Crippen LogP contribution in [0.4, 0.5) is 0 Å². The number of rotatable bonds is 5. The summed E-state index contributed by atoms with van der Waals surface area (Å²) in [5, 5.41) is 0. The van der Waals surface area contributed by atoms with Crippen molar-refractivity contribution in [3.05, 3.63) is 25.3 Å². The van der Waals surface area contributed by atoms with E-state index in [1.165, 1.54) is 0 Å². The summed E-state index contributed by atoms with van der Waals surface area (Å²) in [6.45, 7) is 9.58. The topological polar surface area (TPSA) is 0 Å². The summed E-state index contributed by atoms with van der Waals surface area (Å²) in [5.41, 5.74) is 0. The normalized spacial score (nSPS) is 11.0. The van der Waals surface area contributed by atoms with Crippen molar-refractivity contribution in [1.29, 1.82) is 0 Å². The number of nitrogens with zero attached hydrogens (tertiary/aromatic N) is 1. The quantitative estimate of drug-likeness (QED) is 0.403. The molecule has 0 radical (unpaired) electrons. The Labute approximate surface area is 64.2 Å². The van der Waals surface area contributed by atoms with Crippen molar-refractivity contribution in [2.75, 3.05) is 27.2 Å². The van der Waals surface area contributed by atoms with Gasteiger partial charge in [-0.1, -0.05) is 12.7 Å². The number of hydrogen-bond donors (Lipinski definition) is 0. The third-order valence-electron chi connectivity index (χ3n) is 1.56. The van der Waals surface area contributed by atoms with Gasteiger partial charge < -0.3 is 4.48 Å². The van der Waals surface area contributed by atoms with Crippen LogP contribution in [0.5, 0.6) is 0 Å². The maximum Gasteiger partial charge on any atom is 0.0967 e. The lowest BCUT2D eigenvalue weighted by Crippen LogP contribution is -2.40. The second kappa shape index (κ2) is 4.29. The molecule has 1 heteroatoms. The standard InChI is InChI=1S/C9H18N/c1-5-7-9-10(3,4)8-6-2/h5-6H,1-2,7-9H2,3-4H3/q+1. The van der Waals surface area contributed by atoms with E-state index < -0.39 is 0 Å². The van der Waals surface area contributed by atoms with Crippen LogP contribution in [-0.2, 0) is 0 Å². The molecule has 0 N–H and O–H groups in total. The molecule has 0 aliphatic carbocycles. The first-order chi connectivity index (χ1) is 4.62. The molecule has 0 aromatic carbocycles. The van der Waals surface area contributed by atoms with Gasteiger partial charge in [0.15, 0.2) is 0 Å². The van der Waals surface area contributed by atoms with Crippen molar-refractivity contribution in [1.82, 2.24) is 0 Å². The summed E-state index contributed by atoms with van der Waals surface area (Å²) in [4.78, 5) is 0.